The molecule has 0 aromatic heterocycles. The quantitative estimate of drug-likeness (QED) is 0.170. The van der Waals surface area contributed by atoms with Crippen molar-refractivity contribution in [2.45, 2.75) is 55.4 Å². The number of carbonyl (C=O) groups excluding carboxylic acids is 1. The topological polar surface area (TPSA) is 53.2 Å². The van der Waals surface area contributed by atoms with Crippen molar-refractivity contribution < 1.29 is 4.79 Å². The van der Waals surface area contributed by atoms with Crippen LogP contribution in [0.4, 0.5) is 5.69 Å². The zero-order chi connectivity index (χ0) is 19.6. The molecule has 0 fully saturated rings. The second kappa shape index (κ2) is 12.2. The van der Waals surface area contributed by atoms with Crippen molar-refractivity contribution in [3.8, 4) is 0 Å². The fourth-order valence-corrected chi connectivity index (χ4v) is 3.11. The van der Waals surface area contributed by atoms with E-state index >= 15 is 0 Å². The lowest BCUT2D eigenvalue weighted by Crippen LogP contribution is -2.56. The number of hydrogen-bond acceptors (Lipinski definition) is 2. The number of thiocarbonyl (C=S) groups is 1. The molecule has 0 heterocycles. The molecule has 0 radical (unpaired) electrons. The highest BCUT2D eigenvalue weighted by molar-refractivity contribution is 9.10. The van der Waals surface area contributed by atoms with Gasteiger partial charge in [0, 0.05) is 10.9 Å². The number of anilines is 1. The molecule has 9 heteroatoms. The maximum Gasteiger partial charge on any atom is 0.228 e. The summed E-state index contributed by atoms with van der Waals surface area (Å²) in [6, 6.07) is 7.47. The Balaban J connectivity index is 2.54. The van der Waals surface area contributed by atoms with Gasteiger partial charge in [-0.3, -0.25) is 4.79 Å². The predicted molar refractivity (Wildman–Crippen MR) is 119 cm³/mol. The molecule has 0 bridgehead atoms. The molecule has 0 saturated carbocycles. The number of benzene rings is 1. The first-order valence-corrected chi connectivity index (χ1v) is 10.8. The van der Waals surface area contributed by atoms with E-state index in [0.717, 1.165) is 35.8 Å². The molecule has 1 rings (SSSR count). The van der Waals surface area contributed by atoms with Gasteiger partial charge in [0.05, 0.1) is 5.69 Å². The van der Waals surface area contributed by atoms with E-state index in [-0.39, 0.29) is 11.0 Å². The fraction of sp³-hybridized carbons (Fsp3) is 0.529. The zero-order valence-corrected chi connectivity index (χ0v) is 19.1. The van der Waals surface area contributed by atoms with Gasteiger partial charge in [0.25, 0.3) is 0 Å². The van der Waals surface area contributed by atoms with Crippen LogP contribution in [0.3, 0.4) is 0 Å². The minimum atomic E-state index is -1.75. The third-order valence-corrected chi connectivity index (χ3v) is 5.10. The van der Waals surface area contributed by atoms with Crippen LogP contribution in [0.5, 0.6) is 0 Å². The number of unbranched alkanes of at least 4 members (excludes halogenated alkanes) is 4. The number of rotatable bonds is 9. The number of nitrogens with one attached hydrogen (secondary N) is 3. The molecule has 146 valence electrons. The van der Waals surface area contributed by atoms with Crippen molar-refractivity contribution in [3.63, 3.8) is 0 Å². The standard InChI is InChI=1S/C17H23BrCl3N3OS/c1-2-3-4-5-6-11-14(25)23-15(17(19,20)21)24-16(26)22-13-10-8-7-9-12(13)18/h7-10,15H,2-6,11H2,1H3,(H,23,25)(H2,22,24,26)/t15-/m1/s1. The van der Waals surface area contributed by atoms with Gasteiger partial charge >= 0.3 is 0 Å². The molecule has 0 saturated heterocycles. The Kier molecular flexibility index (Phi) is 11.2. The summed E-state index contributed by atoms with van der Waals surface area (Å²) in [5.41, 5.74) is 0.760. The number of alkyl halides is 3. The number of halogens is 4. The van der Waals surface area contributed by atoms with Gasteiger partial charge in [0.15, 0.2) is 5.11 Å². The molecule has 0 aliphatic carbocycles. The average molecular weight is 504 g/mol. The first kappa shape index (κ1) is 23.8. The summed E-state index contributed by atoms with van der Waals surface area (Å²) < 4.78 is -0.914. The predicted octanol–water partition coefficient (Wildman–Crippen LogP) is 5.91. The molecule has 1 aromatic carbocycles. The van der Waals surface area contributed by atoms with Gasteiger partial charge in [-0.2, -0.15) is 0 Å². The third-order valence-electron chi connectivity index (χ3n) is 3.54. The van der Waals surface area contributed by atoms with Gasteiger partial charge < -0.3 is 16.0 Å². The molecular weight excluding hydrogens is 481 g/mol. The van der Waals surface area contributed by atoms with E-state index in [1.54, 1.807) is 0 Å². The lowest BCUT2D eigenvalue weighted by atomic mass is 10.1. The lowest BCUT2D eigenvalue weighted by molar-refractivity contribution is -0.122. The maximum atomic E-state index is 12.1. The molecule has 1 aromatic rings. The molecular formula is C17H23BrCl3N3OS. The summed E-state index contributed by atoms with van der Waals surface area (Å²) >= 11 is 26.6. The van der Waals surface area contributed by atoms with Crippen molar-refractivity contribution in [1.82, 2.24) is 10.6 Å². The Morgan fingerprint density at radius 2 is 1.81 bits per heavy atom. The van der Waals surface area contributed by atoms with Crippen LogP contribution in [-0.4, -0.2) is 21.0 Å². The summed E-state index contributed by atoms with van der Waals surface area (Å²) in [7, 11) is 0. The third kappa shape index (κ3) is 9.60. The van der Waals surface area contributed by atoms with Crippen LogP contribution < -0.4 is 16.0 Å². The van der Waals surface area contributed by atoms with E-state index in [4.69, 9.17) is 47.0 Å². The van der Waals surface area contributed by atoms with Gasteiger partial charge in [-0.15, -0.1) is 0 Å². The Morgan fingerprint density at radius 3 is 2.42 bits per heavy atom. The molecule has 0 spiro atoms. The van der Waals surface area contributed by atoms with Crippen molar-refractivity contribution >= 4 is 79.7 Å². The van der Waals surface area contributed by atoms with Crippen molar-refractivity contribution in [2.24, 2.45) is 0 Å². The van der Waals surface area contributed by atoms with Crippen molar-refractivity contribution in [3.05, 3.63) is 28.7 Å². The van der Waals surface area contributed by atoms with E-state index < -0.39 is 9.96 Å². The lowest BCUT2D eigenvalue weighted by Gasteiger charge is -2.28. The van der Waals surface area contributed by atoms with E-state index in [1.165, 1.54) is 6.42 Å². The monoisotopic (exact) mass is 501 g/mol. The van der Waals surface area contributed by atoms with Crippen LogP contribution in [0, 0.1) is 0 Å². The highest BCUT2D eigenvalue weighted by Gasteiger charge is 2.34. The Morgan fingerprint density at radius 1 is 1.15 bits per heavy atom. The molecule has 3 N–H and O–H groups in total. The Bertz CT molecular complexity index is 599. The first-order chi connectivity index (χ1) is 12.2. The van der Waals surface area contributed by atoms with Gasteiger partial charge in [-0.25, -0.2) is 0 Å². The number of hydrogen-bond donors (Lipinski definition) is 3. The van der Waals surface area contributed by atoms with Gasteiger partial charge in [0.1, 0.15) is 6.17 Å². The molecule has 0 aliphatic heterocycles. The number of carbonyl (C=O) groups is 1. The molecule has 0 unspecified atom stereocenters. The van der Waals surface area contributed by atoms with Gasteiger partial charge in [-0.1, -0.05) is 79.5 Å². The second-order valence-corrected chi connectivity index (χ2v) is 9.42. The molecule has 1 atom stereocenters. The van der Waals surface area contributed by atoms with Gasteiger partial charge in [0.2, 0.25) is 9.70 Å². The molecule has 1 amide bonds. The molecule has 26 heavy (non-hydrogen) atoms. The SMILES string of the molecule is CCCCCCCC(=O)N[C@H](NC(=S)Nc1ccccc1Br)C(Cl)(Cl)Cl. The largest absolute Gasteiger partial charge is 0.339 e. The maximum absolute atomic E-state index is 12.1. The molecule has 0 aliphatic rings. The minimum absolute atomic E-state index is 0.186. The Hall–Kier alpha value is -0.270. The minimum Gasteiger partial charge on any atom is -0.339 e. The van der Waals surface area contributed by atoms with Crippen LogP contribution >= 0.6 is 63.0 Å². The smallest absolute Gasteiger partial charge is 0.228 e. The van der Waals surface area contributed by atoms with Gasteiger partial charge in [-0.05, 0) is 46.7 Å². The highest BCUT2D eigenvalue weighted by Crippen LogP contribution is 2.29. The summed E-state index contributed by atoms with van der Waals surface area (Å²) in [6.07, 6.45) is 4.71. The highest BCUT2D eigenvalue weighted by atomic mass is 79.9. The summed E-state index contributed by atoms with van der Waals surface area (Å²) in [5.74, 6) is -0.186. The second-order valence-electron chi connectivity index (χ2n) is 5.78. The Labute approximate surface area is 183 Å². The van der Waals surface area contributed by atoms with E-state index in [9.17, 15) is 4.79 Å². The van der Waals surface area contributed by atoms with Crippen molar-refractivity contribution in [2.75, 3.05) is 5.32 Å². The summed E-state index contributed by atoms with van der Waals surface area (Å²) in [6.45, 7) is 2.15. The number of amides is 1. The van der Waals surface area contributed by atoms with Crippen LogP contribution in [0.1, 0.15) is 45.4 Å². The average Bonchev–Trinajstić information content (AvgIpc) is 2.55. The fourth-order valence-electron chi connectivity index (χ4n) is 2.17. The van der Waals surface area contributed by atoms with Crippen LogP contribution in [0.15, 0.2) is 28.7 Å². The summed E-state index contributed by atoms with van der Waals surface area (Å²) in [5, 5.41) is 8.77. The summed E-state index contributed by atoms with van der Waals surface area (Å²) in [4.78, 5) is 12.1. The zero-order valence-electron chi connectivity index (χ0n) is 14.5. The van der Waals surface area contributed by atoms with E-state index in [2.05, 4.69) is 38.8 Å². The van der Waals surface area contributed by atoms with Crippen LogP contribution in [-0.2, 0) is 4.79 Å². The van der Waals surface area contributed by atoms with E-state index in [0.29, 0.717) is 6.42 Å². The van der Waals surface area contributed by atoms with Crippen molar-refractivity contribution in [1.29, 1.82) is 0 Å². The molecule has 4 nitrogen and oxygen atoms in total. The van der Waals surface area contributed by atoms with Crippen LogP contribution in [0.2, 0.25) is 0 Å². The number of para-hydroxylation sites is 1. The van der Waals surface area contributed by atoms with E-state index in [1.807, 2.05) is 24.3 Å². The first-order valence-electron chi connectivity index (χ1n) is 8.42. The van der Waals surface area contributed by atoms with Crippen LogP contribution in [0.25, 0.3) is 0 Å². The normalized spacial score (nSPS) is 12.3.